The number of carbonyl (C=O) groups excluding carboxylic acids is 3. The molecule has 1 saturated carbocycles. The van der Waals surface area contributed by atoms with E-state index in [9.17, 15) is 24.0 Å². The molecule has 4 unspecified atom stereocenters. The molecule has 1 aliphatic heterocycles. The van der Waals surface area contributed by atoms with Crippen molar-refractivity contribution in [2.24, 2.45) is 11.8 Å². The lowest BCUT2D eigenvalue weighted by molar-refractivity contribution is -0.135. The van der Waals surface area contributed by atoms with Gasteiger partial charge in [0, 0.05) is 35.5 Å². The maximum atomic E-state index is 14.2. The van der Waals surface area contributed by atoms with Crippen LogP contribution in [0.5, 0.6) is 0 Å². The third-order valence-corrected chi connectivity index (χ3v) is 7.37. The SMILES string of the molecule is N#CC(CC1CCCC1=O)NC(=O)C1CC(Cc2ccccc2)CN1C(=O)/C=C/c1ccc(Cl)cc1F. The predicted molar refractivity (Wildman–Crippen MR) is 139 cm³/mol. The fourth-order valence-corrected chi connectivity index (χ4v) is 5.40. The fourth-order valence-electron chi connectivity index (χ4n) is 5.24. The summed E-state index contributed by atoms with van der Waals surface area (Å²) in [4.78, 5) is 40.0. The van der Waals surface area contributed by atoms with Crippen LogP contribution in [0, 0.1) is 29.0 Å². The minimum Gasteiger partial charge on any atom is -0.339 e. The van der Waals surface area contributed by atoms with Gasteiger partial charge in [-0.1, -0.05) is 48.0 Å². The van der Waals surface area contributed by atoms with Crippen LogP contribution in [0.3, 0.4) is 0 Å². The van der Waals surface area contributed by atoms with Gasteiger partial charge in [-0.3, -0.25) is 14.4 Å². The highest BCUT2D eigenvalue weighted by Gasteiger charge is 2.40. The van der Waals surface area contributed by atoms with Gasteiger partial charge in [0.15, 0.2) is 0 Å². The zero-order valence-electron chi connectivity index (χ0n) is 20.4. The summed E-state index contributed by atoms with van der Waals surface area (Å²) in [5, 5.41) is 12.7. The summed E-state index contributed by atoms with van der Waals surface area (Å²) < 4.78 is 14.2. The van der Waals surface area contributed by atoms with E-state index in [4.69, 9.17) is 11.6 Å². The zero-order chi connectivity index (χ0) is 26.4. The lowest BCUT2D eigenvalue weighted by Gasteiger charge is -2.24. The highest BCUT2D eigenvalue weighted by molar-refractivity contribution is 6.30. The van der Waals surface area contributed by atoms with Crippen LogP contribution in [-0.4, -0.2) is 41.1 Å². The van der Waals surface area contributed by atoms with E-state index in [1.165, 1.54) is 35.3 Å². The Labute approximate surface area is 221 Å². The number of rotatable bonds is 8. The number of carbonyl (C=O) groups is 3. The summed E-state index contributed by atoms with van der Waals surface area (Å²) in [6, 6.07) is 14.6. The van der Waals surface area contributed by atoms with Crippen molar-refractivity contribution in [3.63, 3.8) is 0 Å². The molecule has 1 N–H and O–H groups in total. The van der Waals surface area contributed by atoms with Crippen molar-refractivity contribution >= 4 is 35.3 Å². The van der Waals surface area contributed by atoms with Crippen LogP contribution in [0.15, 0.2) is 54.6 Å². The molecule has 4 atom stereocenters. The number of nitrogens with zero attached hydrogens (tertiary/aromatic N) is 2. The second kappa shape index (κ2) is 12.2. The molecule has 2 fully saturated rings. The smallest absolute Gasteiger partial charge is 0.247 e. The lowest BCUT2D eigenvalue weighted by atomic mass is 9.96. The molecule has 1 aliphatic carbocycles. The molecule has 6 nitrogen and oxygen atoms in total. The van der Waals surface area contributed by atoms with E-state index < -0.39 is 29.7 Å². The minimum atomic E-state index is -0.802. The Morgan fingerprint density at radius 1 is 1.24 bits per heavy atom. The molecule has 0 spiro atoms. The average Bonchev–Trinajstić information content (AvgIpc) is 3.49. The Morgan fingerprint density at radius 2 is 2.03 bits per heavy atom. The summed E-state index contributed by atoms with van der Waals surface area (Å²) in [7, 11) is 0. The summed E-state index contributed by atoms with van der Waals surface area (Å²) in [5.41, 5.74) is 1.32. The first-order chi connectivity index (χ1) is 17.8. The standard InChI is InChI=1S/C29H29ClFN3O3/c30-23-11-9-21(25(31)16-23)10-12-28(36)34-18-20(13-19-5-2-1-3-6-19)14-26(34)29(37)33-24(17-32)15-22-7-4-8-27(22)35/h1-3,5-6,9-12,16,20,22,24,26H,4,7-8,13-15,18H2,(H,33,37)/b12-10+. The molecule has 2 aromatic rings. The zero-order valence-corrected chi connectivity index (χ0v) is 21.2. The maximum Gasteiger partial charge on any atom is 0.247 e. The largest absolute Gasteiger partial charge is 0.339 e. The molecule has 8 heteroatoms. The van der Waals surface area contributed by atoms with Crippen LogP contribution in [0.25, 0.3) is 6.08 Å². The highest BCUT2D eigenvalue weighted by Crippen LogP contribution is 2.29. The van der Waals surface area contributed by atoms with Gasteiger partial charge in [-0.05, 0) is 61.8 Å². The first-order valence-corrected chi connectivity index (χ1v) is 12.9. The summed E-state index contributed by atoms with van der Waals surface area (Å²) in [6.07, 6.45) is 6.11. The van der Waals surface area contributed by atoms with Crippen molar-refractivity contribution in [2.45, 2.75) is 50.6 Å². The van der Waals surface area contributed by atoms with E-state index in [1.54, 1.807) is 0 Å². The van der Waals surface area contributed by atoms with Gasteiger partial charge in [0.2, 0.25) is 11.8 Å². The molecular formula is C29H29ClFN3O3. The van der Waals surface area contributed by atoms with E-state index >= 15 is 0 Å². The van der Waals surface area contributed by atoms with Crippen molar-refractivity contribution < 1.29 is 18.8 Å². The first kappa shape index (κ1) is 26.6. The molecule has 0 radical (unpaired) electrons. The molecule has 2 amide bonds. The number of benzene rings is 2. The van der Waals surface area contributed by atoms with Gasteiger partial charge in [-0.25, -0.2) is 4.39 Å². The van der Waals surface area contributed by atoms with E-state index in [2.05, 4.69) is 11.4 Å². The Morgan fingerprint density at radius 3 is 2.70 bits per heavy atom. The normalized spacial score (nSPS) is 22.2. The van der Waals surface area contributed by atoms with Gasteiger partial charge in [-0.2, -0.15) is 5.26 Å². The lowest BCUT2D eigenvalue weighted by Crippen LogP contribution is -2.48. The monoisotopic (exact) mass is 521 g/mol. The van der Waals surface area contributed by atoms with Gasteiger partial charge in [0.1, 0.15) is 23.7 Å². The Kier molecular flexibility index (Phi) is 8.73. The Bertz CT molecular complexity index is 1230. The number of amides is 2. The van der Waals surface area contributed by atoms with Crippen LogP contribution < -0.4 is 5.32 Å². The predicted octanol–water partition coefficient (Wildman–Crippen LogP) is 4.72. The van der Waals surface area contributed by atoms with Crippen LogP contribution in [0.4, 0.5) is 4.39 Å². The van der Waals surface area contributed by atoms with Gasteiger partial charge in [0.25, 0.3) is 0 Å². The molecule has 2 aromatic carbocycles. The fraction of sp³-hybridized carbons (Fsp3) is 0.379. The number of nitriles is 1. The first-order valence-electron chi connectivity index (χ1n) is 12.5. The average molecular weight is 522 g/mol. The van der Waals surface area contributed by atoms with Crippen LogP contribution in [0.2, 0.25) is 5.02 Å². The van der Waals surface area contributed by atoms with E-state index in [-0.39, 0.29) is 34.6 Å². The van der Waals surface area contributed by atoms with E-state index in [0.29, 0.717) is 25.8 Å². The number of nitrogens with one attached hydrogen (secondary N) is 1. The molecule has 37 heavy (non-hydrogen) atoms. The molecular weight excluding hydrogens is 493 g/mol. The van der Waals surface area contributed by atoms with Crippen LogP contribution in [-0.2, 0) is 20.8 Å². The molecule has 2 aliphatic rings. The molecule has 0 aromatic heterocycles. The molecule has 4 rings (SSSR count). The second-order valence-electron chi connectivity index (χ2n) is 9.78. The summed E-state index contributed by atoms with van der Waals surface area (Å²) in [5.74, 6) is -1.41. The van der Waals surface area contributed by atoms with Gasteiger partial charge >= 0.3 is 0 Å². The Balaban J connectivity index is 1.49. The van der Waals surface area contributed by atoms with Gasteiger partial charge in [0.05, 0.1) is 6.07 Å². The number of hydrogen-bond acceptors (Lipinski definition) is 4. The summed E-state index contributed by atoms with van der Waals surface area (Å²) >= 11 is 5.81. The summed E-state index contributed by atoms with van der Waals surface area (Å²) in [6.45, 7) is 0.359. The topological polar surface area (TPSA) is 90.3 Å². The molecule has 1 saturated heterocycles. The van der Waals surface area contributed by atoms with E-state index in [0.717, 1.165) is 18.4 Å². The van der Waals surface area contributed by atoms with Gasteiger partial charge < -0.3 is 10.2 Å². The minimum absolute atomic E-state index is 0.0414. The number of halogens is 2. The molecule has 1 heterocycles. The third kappa shape index (κ3) is 6.84. The van der Waals surface area contributed by atoms with Gasteiger partial charge in [-0.15, -0.1) is 0 Å². The Hall–Kier alpha value is -3.50. The van der Waals surface area contributed by atoms with Crippen LogP contribution in [0.1, 0.15) is 43.2 Å². The van der Waals surface area contributed by atoms with E-state index in [1.807, 2.05) is 30.3 Å². The third-order valence-electron chi connectivity index (χ3n) is 7.13. The quantitative estimate of drug-likeness (QED) is 0.509. The number of Topliss-reactive ketones (excluding diaryl/α,β-unsaturated/α-hetero) is 1. The number of likely N-dealkylation sites (tertiary alicyclic amines) is 1. The van der Waals surface area contributed by atoms with Crippen LogP contribution >= 0.6 is 11.6 Å². The van der Waals surface area contributed by atoms with Crippen molar-refractivity contribution in [3.05, 3.63) is 76.6 Å². The van der Waals surface area contributed by atoms with Crippen molar-refractivity contribution in [3.8, 4) is 6.07 Å². The van der Waals surface area contributed by atoms with Crippen molar-refractivity contribution in [1.29, 1.82) is 5.26 Å². The maximum absolute atomic E-state index is 14.2. The second-order valence-corrected chi connectivity index (χ2v) is 10.2. The van der Waals surface area contributed by atoms with Crippen molar-refractivity contribution in [2.75, 3.05) is 6.54 Å². The highest BCUT2D eigenvalue weighted by atomic mass is 35.5. The number of hydrogen-bond donors (Lipinski definition) is 1. The van der Waals surface area contributed by atoms with Crippen molar-refractivity contribution in [1.82, 2.24) is 10.2 Å². The molecule has 0 bridgehead atoms. The number of ketones is 1. The molecule has 192 valence electrons.